The van der Waals surface area contributed by atoms with E-state index in [0.717, 1.165) is 30.3 Å². The first-order chi connectivity index (χ1) is 10.2. The summed E-state index contributed by atoms with van der Waals surface area (Å²) >= 11 is 0. The summed E-state index contributed by atoms with van der Waals surface area (Å²) in [6, 6.07) is 10.4. The monoisotopic (exact) mass is 284 g/mol. The minimum absolute atomic E-state index is 0.658. The summed E-state index contributed by atoms with van der Waals surface area (Å²) in [4.78, 5) is 2.36. The highest BCUT2D eigenvalue weighted by Gasteiger charge is 2.26. The molecular weight excluding hydrogens is 260 g/mol. The fourth-order valence-electron chi connectivity index (χ4n) is 2.90. The van der Waals surface area contributed by atoms with Crippen LogP contribution in [0.25, 0.3) is 5.69 Å². The molecule has 1 heterocycles. The van der Waals surface area contributed by atoms with Gasteiger partial charge in [-0.2, -0.15) is 5.10 Å². The van der Waals surface area contributed by atoms with Crippen molar-refractivity contribution in [2.24, 2.45) is 11.7 Å². The van der Waals surface area contributed by atoms with E-state index in [2.05, 4.69) is 47.8 Å². The second-order valence-electron chi connectivity index (χ2n) is 6.00. The third-order valence-corrected chi connectivity index (χ3v) is 4.14. The normalized spacial score (nSPS) is 14.4. The summed E-state index contributed by atoms with van der Waals surface area (Å²) in [6.07, 6.45) is 3.59. The van der Waals surface area contributed by atoms with Crippen LogP contribution >= 0.6 is 0 Å². The van der Waals surface area contributed by atoms with Crippen LogP contribution in [0.1, 0.15) is 24.1 Å². The van der Waals surface area contributed by atoms with Crippen LogP contribution in [0.15, 0.2) is 30.3 Å². The Labute approximate surface area is 126 Å². The van der Waals surface area contributed by atoms with E-state index in [1.165, 1.54) is 24.2 Å². The Hall–Kier alpha value is -1.81. The van der Waals surface area contributed by atoms with E-state index in [1.54, 1.807) is 0 Å². The van der Waals surface area contributed by atoms with Gasteiger partial charge in [-0.25, -0.2) is 4.68 Å². The van der Waals surface area contributed by atoms with E-state index in [0.29, 0.717) is 6.54 Å². The van der Waals surface area contributed by atoms with Gasteiger partial charge >= 0.3 is 0 Å². The van der Waals surface area contributed by atoms with Crippen LogP contribution in [-0.4, -0.2) is 29.9 Å². The first kappa shape index (κ1) is 14.1. The van der Waals surface area contributed by atoms with Crippen LogP contribution in [0, 0.1) is 12.8 Å². The molecule has 4 heteroatoms. The van der Waals surface area contributed by atoms with Crippen LogP contribution in [0.5, 0.6) is 0 Å². The highest BCUT2D eigenvalue weighted by atomic mass is 15.4. The Morgan fingerprint density at radius 2 is 2.00 bits per heavy atom. The zero-order valence-electron chi connectivity index (χ0n) is 12.9. The van der Waals surface area contributed by atoms with Crippen LogP contribution in [0.4, 0.5) is 5.82 Å². The fourth-order valence-corrected chi connectivity index (χ4v) is 2.90. The second-order valence-corrected chi connectivity index (χ2v) is 6.00. The molecular formula is C17H24N4. The number of anilines is 1. The lowest BCUT2D eigenvalue weighted by Gasteiger charge is -2.22. The lowest BCUT2D eigenvalue weighted by molar-refractivity contribution is 0.744. The molecule has 1 fully saturated rings. The third kappa shape index (κ3) is 2.95. The largest absolute Gasteiger partial charge is 0.359 e. The molecule has 2 aromatic rings. The van der Waals surface area contributed by atoms with Gasteiger partial charge in [0.15, 0.2) is 0 Å². The average molecular weight is 284 g/mol. The number of hydrogen-bond donors (Lipinski definition) is 1. The number of rotatable bonds is 6. The van der Waals surface area contributed by atoms with Crippen LogP contribution < -0.4 is 10.6 Å². The van der Waals surface area contributed by atoms with Gasteiger partial charge in [-0.3, -0.25) is 0 Å². The van der Waals surface area contributed by atoms with E-state index in [1.807, 2.05) is 6.07 Å². The summed E-state index contributed by atoms with van der Waals surface area (Å²) in [6.45, 7) is 3.85. The van der Waals surface area contributed by atoms with Gasteiger partial charge in [0.05, 0.1) is 11.4 Å². The fraction of sp³-hybridized carbons (Fsp3) is 0.471. The minimum atomic E-state index is 0.658. The summed E-state index contributed by atoms with van der Waals surface area (Å²) in [5, 5.41) is 4.77. The minimum Gasteiger partial charge on any atom is -0.359 e. The molecule has 2 N–H and O–H groups in total. The van der Waals surface area contributed by atoms with Crippen molar-refractivity contribution in [3.8, 4) is 5.69 Å². The molecule has 0 spiro atoms. The number of benzene rings is 1. The molecule has 0 radical (unpaired) electrons. The maximum absolute atomic E-state index is 5.80. The summed E-state index contributed by atoms with van der Waals surface area (Å²) in [5.74, 6) is 2.05. The predicted octanol–water partition coefficient (Wildman–Crippen LogP) is 2.53. The molecule has 1 saturated carbocycles. The Balaban J connectivity index is 2.03. The van der Waals surface area contributed by atoms with Crippen molar-refractivity contribution in [2.75, 3.05) is 25.0 Å². The van der Waals surface area contributed by atoms with E-state index < -0.39 is 0 Å². The highest BCUT2D eigenvalue weighted by molar-refractivity contribution is 5.55. The first-order valence-corrected chi connectivity index (χ1v) is 7.76. The first-order valence-electron chi connectivity index (χ1n) is 7.76. The molecule has 0 atom stereocenters. The van der Waals surface area contributed by atoms with Gasteiger partial charge in [-0.15, -0.1) is 0 Å². The molecule has 0 unspecified atom stereocenters. The molecule has 1 aromatic carbocycles. The third-order valence-electron chi connectivity index (χ3n) is 4.14. The number of hydrogen-bond acceptors (Lipinski definition) is 3. The molecule has 1 aliphatic rings. The molecule has 3 rings (SSSR count). The molecule has 4 nitrogen and oxygen atoms in total. The topological polar surface area (TPSA) is 47.1 Å². The quantitative estimate of drug-likeness (QED) is 0.886. The van der Waals surface area contributed by atoms with Crippen LogP contribution in [-0.2, 0) is 6.42 Å². The van der Waals surface area contributed by atoms with Gasteiger partial charge in [0.1, 0.15) is 5.82 Å². The van der Waals surface area contributed by atoms with Crippen LogP contribution in [0.3, 0.4) is 0 Å². The maximum atomic E-state index is 5.80. The Morgan fingerprint density at radius 1 is 1.29 bits per heavy atom. The van der Waals surface area contributed by atoms with Crippen molar-refractivity contribution >= 4 is 5.82 Å². The molecule has 112 valence electrons. The second kappa shape index (κ2) is 5.90. The van der Waals surface area contributed by atoms with Crippen molar-refractivity contribution in [1.82, 2.24) is 9.78 Å². The molecule has 0 amide bonds. The zero-order chi connectivity index (χ0) is 14.8. The average Bonchev–Trinajstić information content (AvgIpc) is 3.24. The predicted molar refractivity (Wildman–Crippen MR) is 87.1 cm³/mol. The van der Waals surface area contributed by atoms with Crippen LogP contribution in [0.2, 0.25) is 0 Å². The van der Waals surface area contributed by atoms with Crippen molar-refractivity contribution < 1.29 is 0 Å². The SMILES string of the molecule is Cc1nn(-c2ccccc2)c(N(C)CC2CC2)c1CCN. The van der Waals surface area contributed by atoms with Gasteiger partial charge in [0.2, 0.25) is 0 Å². The number of nitrogens with two attached hydrogens (primary N) is 1. The Kier molecular flexibility index (Phi) is 3.97. The van der Waals surface area contributed by atoms with Gasteiger partial charge in [-0.1, -0.05) is 18.2 Å². The smallest absolute Gasteiger partial charge is 0.135 e. The number of aromatic nitrogens is 2. The zero-order valence-corrected chi connectivity index (χ0v) is 12.9. The maximum Gasteiger partial charge on any atom is 0.135 e. The Morgan fingerprint density at radius 3 is 2.62 bits per heavy atom. The highest BCUT2D eigenvalue weighted by Crippen LogP contribution is 2.33. The van der Waals surface area contributed by atoms with Gasteiger partial charge < -0.3 is 10.6 Å². The molecule has 1 aromatic heterocycles. The molecule has 0 bridgehead atoms. The molecule has 1 aliphatic carbocycles. The molecule has 21 heavy (non-hydrogen) atoms. The van der Waals surface area contributed by atoms with E-state index in [-0.39, 0.29) is 0 Å². The molecule has 0 saturated heterocycles. The van der Waals surface area contributed by atoms with Gasteiger partial charge in [-0.05, 0) is 50.8 Å². The van der Waals surface area contributed by atoms with Gasteiger partial charge in [0, 0.05) is 19.2 Å². The number of nitrogens with zero attached hydrogens (tertiary/aromatic N) is 3. The summed E-state index contributed by atoms with van der Waals surface area (Å²) in [5.41, 5.74) is 9.28. The standard InChI is InChI=1S/C17H24N4/c1-13-16(10-11-18)17(20(2)12-14-8-9-14)21(19-13)15-6-4-3-5-7-15/h3-7,14H,8-12,18H2,1-2H3. The van der Waals surface area contributed by atoms with E-state index in [9.17, 15) is 0 Å². The summed E-state index contributed by atoms with van der Waals surface area (Å²) in [7, 11) is 2.17. The Bertz CT molecular complexity index is 599. The molecule has 0 aliphatic heterocycles. The lowest BCUT2D eigenvalue weighted by Crippen LogP contribution is -2.24. The van der Waals surface area contributed by atoms with Crippen molar-refractivity contribution in [3.05, 3.63) is 41.6 Å². The summed E-state index contributed by atoms with van der Waals surface area (Å²) < 4.78 is 2.07. The van der Waals surface area contributed by atoms with Crippen molar-refractivity contribution in [1.29, 1.82) is 0 Å². The lowest BCUT2D eigenvalue weighted by atomic mass is 10.1. The van der Waals surface area contributed by atoms with Crippen molar-refractivity contribution in [2.45, 2.75) is 26.2 Å². The van der Waals surface area contributed by atoms with E-state index in [4.69, 9.17) is 10.8 Å². The van der Waals surface area contributed by atoms with Gasteiger partial charge in [0.25, 0.3) is 0 Å². The number of para-hydroxylation sites is 1. The number of aryl methyl sites for hydroxylation is 1. The van der Waals surface area contributed by atoms with Crippen molar-refractivity contribution in [3.63, 3.8) is 0 Å². The van der Waals surface area contributed by atoms with E-state index >= 15 is 0 Å².